The molecule has 0 N–H and O–H groups in total. The first-order valence-electron chi connectivity index (χ1n) is 7.71. The van der Waals surface area contributed by atoms with Crippen LogP contribution in [0.3, 0.4) is 0 Å². The van der Waals surface area contributed by atoms with Crippen molar-refractivity contribution in [3.05, 3.63) is 33.3 Å². The Balaban J connectivity index is 2.29. The van der Waals surface area contributed by atoms with Gasteiger partial charge in [-0.25, -0.2) is 4.98 Å². The number of carbonyl (C=O) groups is 1. The molecule has 1 heterocycles. The van der Waals surface area contributed by atoms with E-state index in [0.717, 1.165) is 49.1 Å². The second-order valence-corrected chi connectivity index (χ2v) is 6.94. The summed E-state index contributed by atoms with van der Waals surface area (Å²) in [7, 11) is 0. The molecule has 0 fully saturated rings. The fourth-order valence-corrected chi connectivity index (χ4v) is 2.76. The molecule has 1 unspecified atom stereocenters. The monoisotopic (exact) mass is 305 g/mol. The topological polar surface area (TPSA) is 30.0 Å². The maximum Gasteiger partial charge on any atom is 0.122 e. The van der Waals surface area contributed by atoms with Crippen molar-refractivity contribution in [1.29, 1.82) is 0 Å². The summed E-state index contributed by atoms with van der Waals surface area (Å²) in [6, 6.07) is 0. The molecule has 0 amide bonds. The normalized spacial score (nSPS) is 14.3. The standard InChI is InChI=1S/C18H27NOS/c1-14(8-6-10-16(3)12-20)7-5-9-15(2)11-18-13-21-17(4)19-18/h7,11-13,16H,5-6,8-10H2,1-4H3. The number of carbonyl (C=O) groups excluding carboxylic acids is 1. The van der Waals surface area contributed by atoms with Crippen molar-refractivity contribution >= 4 is 23.7 Å². The first-order chi connectivity index (χ1) is 10.0. The molecule has 116 valence electrons. The van der Waals surface area contributed by atoms with Gasteiger partial charge in [-0.15, -0.1) is 11.3 Å². The van der Waals surface area contributed by atoms with Crippen molar-refractivity contribution in [2.45, 2.75) is 59.8 Å². The highest BCUT2D eigenvalue weighted by Crippen LogP contribution is 2.16. The number of nitrogens with zero attached hydrogens (tertiary/aromatic N) is 1. The maximum atomic E-state index is 10.6. The highest BCUT2D eigenvalue weighted by Gasteiger charge is 2.00. The molecular formula is C18H27NOS. The number of hydrogen-bond donors (Lipinski definition) is 0. The molecule has 0 aliphatic carbocycles. The van der Waals surface area contributed by atoms with E-state index in [2.05, 4.69) is 36.4 Å². The fraction of sp³-hybridized carbons (Fsp3) is 0.556. The van der Waals surface area contributed by atoms with Gasteiger partial charge in [-0.05, 0) is 59.0 Å². The van der Waals surface area contributed by atoms with Gasteiger partial charge in [0.25, 0.3) is 0 Å². The van der Waals surface area contributed by atoms with Crippen molar-refractivity contribution < 1.29 is 4.79 Å². The quantitative estimate of drug-likeness (QED) is 0.440. The largest absolute Gasteiger partial charge is 0.303 e. The lowest BCUT2D eigenvalue weighted by atomic mass is 10.0. The molecule has 0 saturated heterocycles. The van der Waals surface area contributed by atoms with Crippen LogP contribution in [0.1, 0.15) is 63.6 Å². The van der Waals surface area contributed by atoms with E-state index >= 15 is 0 Å². The molecule has 0 spiro atoms. The number of aldehydes is 1. The van der Waals surface area contributed by atoms with Gasteiger partial charge in [0, 0.05) is 11.3 Å². The zero-order valence-corrected chi connectivity index (χ0v) is 14.5. The van der Waals surface area contributed by atoms with Crippen molar-refractivity contribution in [1.82, 2.24) is 4.98 Å². The van der Waals surface area contributed by atoms with Crippen molar-refractivity contribution in [2.24, 2.45) is 5.92 Å². The number of aryl methyl sites for hydroxylation is 1. The van der Waals surface area contributed by atoms with Gasteiger partial charge in [0.1, 0.15) is 6.29 Å². The van der Waals surface area contributed by atoms with E-state index in [1.807, 2.05) is 13.8 Å². The van der Waals surface area contributed by atoms with E-state index in [1.165, 1.54) is 11.1 Å². The van der Waals surface area contributed by atoms with E-state index in [0.29, 0.717) is 0 Å². The zero-order valence-electron chi connectivity index (χ0n) is 13.7. The molecule has 1 atom stereocenters. The van der Waals surface area contributed by atoms with E-state index in [9.17, 15) is 4.79 Å². The zero-order chi connectivity index (χ0) is 15.7. The van der Waals surface area contributed by atoms with Crippen LogP contribution in [0.15, 0.2) is 22.6 Å². The van der Waals surface area contributed by atoms with Gasteiger partial charge in [-0.3, -0.25) is 0 Å². The minimum atomic E-state index is 0.199. The smallest absolute Gasteiger partial charge is 0.122 e. The lowest BCUT2D eigenvalue weighted by Gasteiger charge is -2.04. The van der Waals surface area contributed by atoms with Crippen LogP contribution in [0.25, 0.3) is 6.08 Å². The highest BCUT2D eigenvalue weighted by molar-refractivity contribution is 7.09. The number of allylic oxidation sites excluding steroid dienone is 3. The van der Waals surface area contributed by atoms with Gasteiger partial charge < -0.3 is 4.79 Å². The molecule has 3 heteroatoms. The molecular weight excluding hydrogens is 278 g/mol. The van der Waals surface area contributed by atoms with E-state index in [4.69, 9.17) is 0 Å². The minimum Gasteiger partial charge on any atom is -0.303 e. The average Bonchev–Trinajstić information content (AvgIpc) is 2.83. The minimum absolute atomic E-state index is 0.199. The second-order valence-electron chi connectivity index (χ2n) is 5.88. The lowest BCUT2D eigenvalue weighted by molar-refractivity contribution is -0.110. The third kappa shape index (κ3) is 7.96. The molecule has 0 bridgehead atoms. The Morgan fingerprint density at radius 2 is 2.10 bits per heavy atom. The first kappa shape index (κ1) is 17.8. The van der Waals surface area contributed by atoms with Gasteiger partial charge in [0.2, 0.25) is 0 Å². The van der Waals surface area contributed by atoms with E-state index in [1.54, 1.807) is 11.3 Å². The van der Waals surface area contributed by atoms with E-state index < -0.39 is 0 Å². The average molecular weight is 305 g/mol. The highest BCUT2D eigenvalue weighted by atomic mass is 32.1. The van der Waals surface area contributed by atoms with Crippen LogP contribution in [0.4, 0.5) is 0 Å². The Hall–Kier alpha value is -1.22. The summed E-state index contributed by atoms with van der Waals surface area (Å²) in [6.45, 7) is 8.38. The van der Waals surface area contributed by atoms with Gasteiger partial charge in [0.15, 0.2) is 0 Å². The van der Waals surface area contributed by atoms with Crippen LogP contribution in [-0.2, 0) is 4.79 Å². The molecule has 0 aliphatic heterocycles. The van der Waals surface area contributed by atoms with E-state index in [-0.39, 0.29) is 5.92 Å². The van der Waals surface area contributed by atoms with Crippen LogP contribution < -0.4 is 0 Å². The maximum absolute atomic E-state index is 10.6. The van der Waals surface area contributed by atoms with Crippen molar-refractivity contribution in [3.8, 4) is 0 Å². The Morgan fingerprint density at radius 3 is 2.71 bits per heavy atom. The molecule has 0 radical (unpaired) electrons. The molecule has 1 aromatic heterocycles. The predicted octanol–water partition coefficient (Wildman–Crippen LogP) is 5.59. The fourth-order valence-electron chi connectivity index (χ4n) is 2.19. The first-order valence-corrected chi connectivity index (χ1v) is 8.59. The summed E-state index contributed by atoms with van der Waals surface area (Å²) in [5.74, 6) is 0.199. The summed E-state index contributed by atoms with van der Waals surface area (Å²) in [6.07, 6.45) is 10.9. The summed E-state index contributed by atoms with van der Waals surface area (Å²) in [5.41, 5.74) is 3.89. The van der Waals surface area contributed by atoms with Crippen molar-refractivity contribution in [2.75, 3.05) is 0 Å². The molecule has 0 aliphatic rings. The molecule has 0 aromatic carbocycles. The SMILES string of the molecule is CC(=Cc1csc(C)n1)CCC=C(C)CCCC(C)C=O. The lowest BCUT2D eigenvalue weighted by Crippen LogP contribution is -1.95. The second kappa shape index (κ2) is 9.67. The third-order valence-corrected chi connectivity index (χ3v) is 4.32. The van der Waals surface area contributed by atoms with Gasteiger partial charge in [-0.2, -0.15) is 0 Å². The summed E-state index contributed by atoms with van der Waals surface area (Å²) < 4.78 is 0. The van der Waals surface area contributed by atoms with Crippen LogP contribution in [0.5, 0.6) is 0 Å². The summed E-state index contributed by atoms with van der Waals surface area (Å²) >= 11 is 1.70. The molecule has 0 saturated carbocycles. The molecule has 1 rings (SSSR count). The van der Waals surface area contributed by atoms with Gasteiger partial charge >= 0.3 is 0 Å². The Labute approximate surface area is 133 Å². The number of aromatic nitrogens is 1. The van der Waals surface area contributed by atoms with Crippen LogP contribution in [-0.4, -0.2) is 11.3 Å². The molecule has 21 heavy (non-hydrogen) atoms. The number of rotatable bonds is 9. The molecule has 2 nitrogen and oxygen atoms in total. The third-order valence-electron chi connectivity index (χ3n) is 3.53. The van der Waals surface area contributed by atoms with Gasteiger partial charge in [0.05, 0.1) is 10.7 Å². The van der Waals surface area contributed by atoms with Crippen molar-refractivity contribution in [3.63, 3.8) is 0 Å². The number of hydrogen-bond acceptors (Lipinski definition) is 3. The Morgan fingerprint density at radius 1 is 1.33 bits per heavy atom. The summed E-state index contributed by atoms with van der Waals surface area (Å²) in [4.78, 5) is 15.0. The Kier molecular flexibility index (Phi) is 8.21. The predicted molar refractivity (Wildman–Crippen MR) is 92.6 cm³/mol. The van der Waals surface area contributed by atoms with Crippen LogP contribution in [0, 0.1) is 12.8 Å². The van der Waals surface area contributed by atoms with Gasteiger partial charge in [-0.1, -0.05) is 24.1 Å². The molecule has 1 aromatic rings. The Bertz CT molecular complexity index is 499. The van der Waals surface area contributed by atoms with Crippen LogP contribution >= 0.6 is 11.3 Å². The van der Waals surface area contributed by atoms with Crippen LogP contribution in [0.2, 0.25) is 0 Å². The number of thiazole rings is 1. The summed E-state index contributed by atoms with van der Waals surface area (Å²) in [5, 5.41) is 3.23.